The maximum Gasteiger partial charge on any atom is 0.252 e. The van der Waals surface area contributed by atoms with Crippen LogP contribution < -0.4 is 4.80 Å². The lowest BCUT2D eigenvalue weighted by atomic mass is 9.99. The number of nitrogens with zero attached hydrogens (tertiary/aromatic N) is 3. The summed E-state index contributed by atoms with van der Waals surface area (Å²) in [6.07, 6.45) is 1.30. The van der Waals surface area contributed by atoms with E-state index in [0.717, 1.165) is 21.3 Å². The molecular weight excluding hydrogens is 418 g/mol. The molecule has 1 amide bonds. The van der Waals surface area contributed by atoms with Gasteiger partial charge in [-0.05, 0) is 49.9 Å². The van der Waals surface area contributed by atoms with E-state index in [1.165, 1.54) is 15.6 Å². The minimum Gasteiger partial charge on any atom is -0.319 e. The second-order valence-electron chi connectivity index (χ2n) is 7.79. The molecule has 30 heavy (non-hydrogen) atoms. The van der Waals surface area contributed by atoms with Crippen LogP contribution in [0.15, 0.2) is 52.4 Å². The van der Waals surface area contributed by atoms with Gasteiger partial charge >= 0.3 is 0 Å². The lowest BCUT2D eigenvalue weighted by Crippen LogP contribution is -2.42. The Morgan fingerprint density at radius 2 is 1.80 bits per heavy atom. The molecule has 2 heterocycles. The van der Waals surface area contributed by atoms with Crippen molar-refractivity contribution in [2.75, 3.05) is 13.1 Å². The zero-order chi connectivity index (χ0) is 21.5. The number of aryl methyl sites for hydroxylation is 3. The van der Waals surface area contributed by atoms with Crippen molar-refractivity contribution in [1.29, 1.82) is 0 Å². The first kappa shape index (κ1) is 21.0. The van der Waals surface area contributed by atoms with Crippen molar-refractivity contribution < 1.29 is 13.2 Å². The molecule has 158 valence electrons. The summed E-state index contributed by atoms with van der Waals surface area (Å²) < 4.78 is 30.4. The fourth-order valence-electron chi connectivity index (χ4n) is 3.96. The van der Waals surface area contributed by atoms with E-state index in [1.807, 2.05) is 18.5 Å². The van der Waals surface area contributed by atoms with Crippen LogP contribution in [-0.2, 0) is 21.9 Å². The molecule has 1 fully saturated rings. The largest absolute Gasteiger partial charge is 0.319 e. The van der Waals surface area contributed by atoms with Gasteiger partial charge < -0.3 is 4.57 Å². The van der Waals surface area contributed by atoms with Crippen LogP contribution in [0.3, 0.4) is 0 Å². The van der Waals surface area contributed by atoms with Gasteiger partial charge in [0.1, 0.15) is 0 Å². The van der Waals surface area contributed by atoms with E-state index < -0.39 is 15.9 Å². The number of amides is 1. The molecule has 0 N–H and O–H groups in total. The Kier molecular flexibility index (Phi) is 5.65. The number of benzene rings is 2. The van der Waals surface area contributed by atoms with Crippen molar-refractivity contribution in [3.8, 4) is 0 Å². The Morgan fingerprint density at radius 1 is 1.10 bits per heavy atom. The molecule has 3 aromatic rings. The van der Waals surface area contributed by atoms with Gasteiger partial charge in [0.2, 0.25) is 10.0 Å². The Labute approximate surface area is 180 Å². The third-order valence-corrected chi connectivity index (χ3v) is 8.81. The van der Waals surface area contributed by atoms with E-state index in [4.69, 9.17) is 0 Å². The monoisotopic (exact) mass is 443 g/mol. The SMILES string of the molecule is Cc1ccc(C)c2c1sc(=NC(=O)C1CCCN(S(=O)(=O)c3ccccc3)C1)n2C. The van der Waals surface area contributed by atoms with Gasteiger partial charge in [0.25, 0.3) is 5.91 Å². The zero-order valence-electron chi connectivity index (χ0n) is 17.3. The van der Waals surface area contributed by atoms with Gasteiger partial charge in [-0.1, -0.05) is 41.7 Å². The highest BCUT2D eigenvalue weighted by Crippen LogP contribution is 2.26. The fraction of sp³-hybridized carbons (Fsp3) is 0.364. The van der Waals surface area contributed by atoms with Gasteiger partial charge in [-0.15, -0.1) is 0 Å². The predicted molar refractivity (Wildman–Crippen MR) is 119 cm³/mol. The minimum atomic E-state index is -3.60. The van der Waals surface area contributed by atoms with E-state index in [-0.39, 0.29) is 17.3 Å². The first-order valence-electron chi connectivity index (χ1n) is 9.98. The molecule has 1 atom stereocenters. The first-order valence-corrected chi connectivity index (χ1v) is 12.2. The fourth-order valence-corrected chi connectivity index (χ4v) is 6.67. The number of piperidine rings is 1. The van der Waals surface area contributed by atoms with Crippen molar-refractivity contribution >= 4 is 37.5 Å². The van der Waals surface area contributed by atoms with Crippen molar-refractivity contribution in [3.05, 3.63) is 58.4 Å². The van der Waals surface area contributed by atoms with Gasteiger partial charge in [0, 0.05) is 20.1 Å². The topological polar surface area (TPSA) is 71.7 Å². The molecule has 1 aliphatic heterocycles. The van der Waals surface area contributed by atoms with Crippen molar-refractivity contribution in [3.63, 3.8) is 0 Å². The second-order valence-corrected chi connectivity index (χ2v) is 10.7. The summed E-state index contributed by atoms with van der Waals surface area (Å²) in [6, 6.07) is 12.5. The molecule has 2 aromatic carbocycles. The number of thiazole rings is 1. The number of aromatic nitrogens is 1. The maximum atomic E-state index is 13.0. The summed E-state index contributed by atoms with van der Waals surface area (Å²) >= 11 is 1.50. The van der Waals surface area contributed by atoms with Crippen LogP contribution in [0.2, 0.25) is 0 Å². The van der Waals surface area contributed by atoms with E-state index >= 15 is 0 Å². The average Bonchev–Trinajstić information content (AvgIpc) is 3.09. The molecule has 0 spiro atoms. The molecule has 1 saturated heterocycles. The van der Waals surface area contributed by atoms with E-state index in [2.05, 4.69) is 24.0 Å². The number of hydrogen-bond donors (Lipinski definition) is 0. The first-order chi connectivity index (χ1) is 14.3. The predicted octanol–water partition coefficient (Wildman–Crippen LogP) is 3.38. The Hall–Kier alpha value is -2.29. The number of rotatable bonds is 3. The normalized spacial score (nSPS) is 18.8. The number of hydrogen-bond acceptors (Lipinski definition) is 4. The number of carbonyl (C=O) groups is 1. The highest BCUT2D eigenvalue weighted by molar-refractivity contribution is 7.89. The molecule has 0 bridgehead atoms. The Balaban J connectivity index is 1.63. The second kappa shape index (κ2) is 8.09. The number of sulfonamides is 1. The van der Waals surface area contributed by atoms with Crippen LogP contribution in [-0.4, -0.2) is 36.3 Å². The quantitative estimate of drug-likeness (QED) is 0.623. The van der Waals surface area contributed by atoms with Crippen LogP contribution in [0.1, 0.15) is 24.0 Å². The van der Waals surface area contributed by atoms with Gasteiger partial charge in [0.15, 0.2) is 4.80 Å². The smallest absolute Gasteiger partial charge is 0.252 e. The molecule has 0 aliphatic carbocycles. The van der Waals surface area contributed by atoms with Gasteiger partial charge in [-0.25, -0.2) is 8.42 Å². The standard InChI is InChI=1S/C22H25N3O3S2/c1-15-11-12-16(2)20-19(15)24(3)22(29-20)23-21(26)17-8-7-13-25(14-17)30(27,28)18-9-5-4-6-10-18/h4-6,9-12,17H,7-8,13-14H2,1-3H3. The van der Waals surface area contributed by atoms with Crippen molar-refractivity contribution in [2.24, 2.45) is 18.0 Å². The molecule has 1 aromatic heterocycles. The molecular formula is C22H25N3O3S2. The molecule has 1 aliphatic rings. The van der Waals surface area contributed by atoms with E-state index in [1.54, 1.807) is 30.3 Å². The van der Waals surface area contributed by atoms with Gasteiger partial charge in [-0.3, -0.25) is 4.79 Å². The van der Waals surface area contributed by atoms with E-state index in [9.17, 15) is 13.2 Å². The highest BCUT2D eigenvalue weighted by atomic mass is 32.2. The summed E-state index contributed by atoms with van der Waals surface area (Å²) in [7, 11) is -1.68. The van der Waals surface area contributed by atoms with Crippen LogP contribution in [0, 0.1) is 19.8 Å². The van der Waals surface area contributed by atoms with Gasteiger partial charge in [-0.2, -0.15) is 9.30 Å². The van der Waals surface area contributed by atoms with E-state index in [0.29, 0.717) is 24.2 Å². The summed E-state index contributed by atoms with van der Waals surface area (Å²) in [5, 5.41) is 0. The molecule has 1 unspecified atom stereocenters. The summed E-state index contributed by atoms with van der Waals surface area (Å²) in [4.78, 5) is 18.3. The molecule has 6 nitrogen and oxygen atoms in total. The number of carbonyl (C=O) groups excluding carboxylic acids is 1. The molecule has 0 saturated carbocycles. The maximum absolute atomic E-state index is 13.0. The number of fused-ring (bicyclic) bond motifs is 1. The minimum absolute atomic E-state index is 0.173. The van der Waals surface area contributed by atoms with Crippen LogP contribution in [0.4, 0.5) is 0 Å². The summed E-state index contributed by atoms with van der Waals surface area (Å²) in [6.45, 7) is 4.70. The third kappa shape index (κ3) is 3.75. The summed E-state index contributed by atoms with van der Waals surface area (Å²) in [5.74, 6) is -0.676. The zero-order valence-corrected chi connectivity index (χ0v) is 19.0. The molecule has 4 rings (SSSR count). The molecule has 0 radical (unpaired) electrons. The molecule has 8 heteroatoms. The third-order valence-electron chi connectivity index (χ3n) is 5.67. The van der Waals surface area contributed by atoms with Crippen molar-refractivity contribution in [1.82, 2.24) is 8.87 Å². The summed E-state index contributed by atoms with van der Waals surface area (Å²) in [5.41, 5.74) is 3.38. The highest BCUT2D eigenvalue weighted by Gasteiger charge is 2.33. The van der Waals surface area contributed by atoms with Crippen LogP contribution in [0.5, 0.6) is 0 Å². The Bertz CT molecular complexity index is 1270. The van der Waals surface area contributed by atoms with Crippen LogP contribution >= 0.6 is 11.3 Å². The Morgan fingerprint density at radius 3 is 2.50 bits per heavy atom. The van der Waals surface area contributed by atoms with Gasteiger partial charge in [0.05, 0.1) is 21.0 Å². The lowest BCUT2D eigenvalue weighted by Gasteiger charge is -2.30. The van der Waals surface area contributed by atoms with Crippen molar-refractivity contribution in [2.45, 2.75) is 31.6 Å². The average molecular weight is 444 g/mol. The van der Waals surface area contributed by atoms with Crippen LogP contribution in [0.25, 0.3) is 10.2 Å². The lowest BCUT2D eigenvalue weighted by molar-refractivity contribution is -0.122.